The second-order valence-electron chi connectivity index (χ2n) is 14.3. The number of ether oxygens (including phenoxy) is 3. The highest BCUT2D eigenvalue weighted by Crippen LogP contribution is 2.13. The predicted octanol–water partition coefficient (Wildman–Crippen LogP) is 14.8. The van der Waals surface area contributed by atoms with E-state index in [2.05, 4.69) is 44.7 Å². The molecule has 0 fully saturated rings. The summed E-state index contributed by atoms with van der Waals surface area (Å²) in [5, 5.41) is 0. The minimum absolute atomic E-state index is 0.224. The van der Waals surface area contributed by atoms with Gasteiger partial charge in [0.05, 0.1) is 19.3 Å². The smallest absolute Gasteiger partial charge is 0.0808 e. The molecule has 3 nitrogen and oxygen atoms in total. The molecule has 1 atom stereocenters. The number of allylic oxidation sites excluding steroid dienone is 4. The Bertz CT molecular complexity index is 642. The molecule has 0 aliphatic rings. The fourth-order valence-corrected chi connectivity index (χ4v) is 6.22. The van der Waals surface area contributed by atoms with Crippen LogP contribution >= 0.6 is 0 Å². The maximum Gasteiger partial charge on any atom is 0.0808 e. The van der Waals surface area contributed by atoms with E-state index in [0.29, 0.717) is 6.61 Å². The summed E-state index contributed by atoms with van der Waals surface area (Å²) in [6, 6.07) is 0. The van der Waals surface area contributed by atoms with Gasteiger partial charge in [-0.2, -0.15) is 0 Å². The van der Waals surface area contributed by atoms with E-state index in [4.69, 9.17) is 14.2 Å². The van der Waals surface area contributed by atoms with Crippen LogP contribution in [0.5, 0.6) is 0 Å². The van der Waals surface area contributed by atoms with Crippen molar-refractivity contribution in [3.8, 4) is 0 Å². The topological polar surface area (TPSA) is 27.7 Å². The van der Waals surface area contributed by atoms with Crippen molar-refractivity contribution in [2.45, 2.75) is 219 Å². The average molecular weight is 675 g/mol. The molecular formula is C45H86O3. The fraction of sp³-hybridized carbons (Fsp3) is 0.867. The molecule has 0 aromatic rings. The predicted molar refractivity (Wildman–Crippen MR) is 214 cm³/mol. The zero-order chi connectivity index (χ0) is 34.7. The third-order valence-corrected chi connectivity index (χ3v) is 9.41. The van der Waals surface area contributed by atoms with Crippen molar-refractivity contribution in [2.75, 3.05) is 33.0 Å². The van der Waals surface area contributed by atoms with Gasteiger partial charge in [-0.3, -0.25) is 0 Å². The summed E-state index contributed by atoms with van der Waals surface area (Å²) in [6.45, 7) is 12.3. The Labute approximate surface area is 302 Å². The molecule has 0 rings (SSSR count). The van der Waals surface area contributed by atoms with Gasteiger partial charge in [-0.05, 0) is 83.5 Å². The second-order valence-corrected chi connectivity index (χ2v) is 14.3. The first kappa shape index (κ1) is 47.1. The third-order valence-electron chi connectivity index (χ3n) is 9.41. The van der Waals surface area contributed by atoms with Crippen LogP contribution in [0.1, 0.15) is 213 Å². The number of hydrogen-bond acceptors (Lipinski definition) is 3. The van der Waals surface area contributed by atoms with E-state index < -0.39 is 0 Å². The van der Waals surface area contributed by atoms with E-state index in [0.717, 1.165) is 45.7 Å². The van der Waals surface area contributed by atoms with Crippen LogP contribution in [0.4, 0.5) is 0 Å². The van der Waals surface area contributed by atoms with Gasteiger partial charge in [0.15, 0.2) is 0 Å². The Morgan fingerprint density at radius 1 is 0.417 bits per heavy atom. The van der Waals surface area contributed by atoms with Gasteiger partial charge < -0.3 is 14.2 Å². The van der Waals surface area contributed by atoms with Crippen LogP contribution in [0, 0.1) is 0 Å². The van der Waals surface area contributed by atoms with Crippen LogP contribution < -0.4 is 0 Å². The van der Waals surface area contributed by atoms with Crippen molar-refractivity contribution < 1.29 is 14.2 Å². The molecule has 0 spiro atoms. The lowest BCUT2D eigenvalue weighted by molar-refractivity contribution is -0.0241. The molecule has 0 heterocycles. The zero-order valence-electron chi connectivity index (χ0n) is 32.9. The number of rotatable bonds is 42. The van der Waals surface area contributed by atoms with E-state index in [1.807, 2.05) is 6.08 Å². The fourth-order valence-electron chi connectivity index (χ4n) is 6.22. The first-order valence-corrected chi connectivity index (χ1v) is 21.5. The lowest BCUT2D eigenvalue weighted by atomic mass is 10.1. The van der Waals surface area contributed by atoms with E-state index in [1.54, 1.807) is 0 Å². The van der Waals surface area contributed by atoms with Crippen molar-refractivity contribution in [1.82, 2.24) is 0 Å². The summed E-state index contributed by atoms with van der Waals surface area (Å²) >= 11 is 0. The lowest BCUT2D eigenvalue weighted by Crippen LogP contribution is -2.21. The molecule has 0 bridgehead atoms. The van der Waals surface area contributed by atoms with Crippen LogP contribution in [0.25, 0.3) is 0 Å². The average Bonchev–Trinajstić information content (AvgIpc) is 3.10. The largest absolute Gasteiger partial charge is 0.379 e. The normalized spacial score (nSPS) is 12.5. The van der Waals surface area contributed by atoms with E-state index in [9.17, 15) is 0 Å². The molecule has 0 saturated heterocycles. The second kappa shape index (κ2) is 44.1. The minimum atomic E-state index is 0.224. The van der Waals surface area contributed by atoms with E-state index >= 15 is 0 Å². The van der Waals surface area contributed by atoms with Crippen molar-refractivity contribution in [1.29, 1.82) is 0 Å². The molecule has 1 unspecified atom stereocenters. The van der Waals surface area contributed by atoms with Gasteiger partial charge in [-0.15, -0.1) is 6.58 Å². The van der Waals surface area contributed by atoms with Crippen molar-refractivity contribution in [3.63, 3.8) is 0 Å². The summed E-state index contributed by atoms with van der Waals surface area (Å²) in [7, 11) is 0. The molecule has 0 aliphatic carbocycles. The van der Waals surface area contributed by atoms with Crippen LogP contribution in [0.2, 0.25) is 0 Å². The highest BCUT2D eigenvalue weighted by atomic mass is 16.5. The first-order chi connectivity index (χ1) is 23.8. The molecule has 3 heteroatoms. The van der Waals surface area contributed by atoms with Gasteiger partial charge >= 0.3 is 0 Å². The summed E-state index contributed by atoms with van der Waals surface area (Å²) < 4.78 is 18.0. The van der Waals surface area contributed by atoms with Gasteiger partial charge in [-0.25, -0.2) is 0 Å². The van der Waals surface area contributed by atoms with Crippen molar-refractivity contribution in [2.24, 2.45) is 0 Å². The Hall–Kier alpha value is -0.900. The van der Waals surface area contributed by atoms with Crippen molar-refractivity contribution in [3.05, 3.63) is 37.0 Å². The van der Waals surface area contributed by atoms with Crippen LogP contribution in [-0.4, -0.2) is 39.1 Å². The van der Waals surface area contributed by atoms with E-state index in [1.165, 1.54) is 180 Å². The molecule has 0 aromatic carbocycles. The Kier molecular flexibility index (Phi) is 43.3. The molecule has 0 radical (unpaired) electrons. The number of unbranched alkanes of at least 4 members (excludes halogenated alkanes) is 25. The summed E-state index contributed by atoms with van der Waals surface area (Å²) in [5.41, 5.74) is 0. The van der Waals surface area contributed by atoms with Gasteiger partial charge in [-0.1, -0.05) is 160 Å². The zero-order valence-corrected chi connectivity index (χ0v) is 32.9. The maximum atomic E-state index is 6.33. The van der Waals surface area contributed by atoms with Crippen LogP contribution in [0.15, 0.2) is 37.0 Å². The van der Waals surface area contributed by atoms with E-state index in [-0.39, 0.29) is 6.10 Å². The molecule has 0 aliphatic heterocycles. The number of hydrogen-bond donors (Lipinski definition) is 0. The summed E-state index contributed by atoms with van der Waals surface area (Å²) in [6.07, 6.45) is 52.6. The first-order valence-electron chi connectivity index (χ1n) is 21.5. The van der Waals surface area contributed by atoms with Gasteiger partial charge in [0, 0.05) is 19.8 Å². The molecular weight excluding hydrogens is 588 g/mol. The third kappa shape index (κ3) is 41.3. The Morgan fingerprint density at radius 2 is 0.792 bits per heavy atom. The lowest BCUT2D eigenvalue weighted by Gasteiger charge is -2.18. The van der Waals surface area contributed by atoms with Gasteiger partial charge in [0.1, 0.15) is 0 Å². The highest BCUT2D eigenvalue weighted by Gasteiger charge is 2.09. The maximum absolute atomic E-state index is 6.33. The highest BCUT2D eigenvalue weighted by molar-refractivity contribution is 4.82. The minimum Gasteiger partial charge on any atom is -0.379 e. The van der Waals surface area contributed by atoms with Crippen molar-refractivity contribution >= 4 is 0 Å². The molecule has 0 N–H and O–H groups in total. The summed E-state index contributed by atoms with van der Waals surface area (Å²) in [4.78, 5) is 0. The Morgan fingerprint density at radius 3 is 1.25 bits per heavy atom. The molecule has 48 heavy (non-hydrogen) atoms. The molecule has 0 saturated carbocycles. The molecule has 284 valence electrons. The Balaban J connectivity index is 3.78. The standard InChI is InChI=1S/C45H86O3/c1-4-7-9-11-13-15-17-19-21-23-25-27-29-31-33-36-42-47-44-45(39-35-38-41-46-40-6-3)48-43-37-34-32-30-28-26-24-22-20-18-16-14-12-10-8-5-2/h6,19-22,45H,3-5,7-18,23-44H2,1-2H3. The van der Waals surface area contributed by atoms with Crippen LogP contribution in [0.3, 0.4) is 0 Å². The summed E-state index contributed by atoms with van der Waals surface area (Å²) in [5.74, 6) is 0. The molecule has 0 amide bonds. The SMILES string of the molecule is C=CCOCCCCC(COCCCCCCCCC=CCCCCCCCC)OCCCCCCCCC=CCCCCCCCC. The van der Waals surface area contributed by atoms with Crippen LogP contribution in [-0.2, 0) is 14.2 Å². The quantitative estimate of drug-likeness (QED) is 0.0476. The molecule has 0 aromatic heterocycles. The van der Waals surface area contributed by atoms with Gasteiger partial charge in [0.25, 0.3) is 0 Å². The van der Waals surface area contributed by atoms with Gasteiger partial charge in [0.2, 0.25) is 0 Å². The monoisotopic (exact) mass is 675 g/mol.